The fourth-order valence-electron chi connectivity index (χ4n) is 1.77. The van der Waals surface area contributed by atoms with E-state index in [0.717, 1.165) is 24.8 Å². The first-order chi connectivity index (χ1) is 8.20. The highest BCUT2D eigenvalue weighted by Crippen LogP contribution is 2.34. The van der Waals surface area contributed by atoms with E-state index in [0.29, 0.717) is 18.9 Å². The lowest BCUT2D eigenvalue weighted by molar-refractivity contribution is 0.315. The smallest absolute Gasteiger partial charge is 0.162 e. The van der Waals surface area contributed by atoms with Gasteiger partial charge in [-0.05, 0) is 32.4 Å². The Balaban J connectivity index is 2.72. The third kappa shape index (κ3) is 3.91. The summed E-state index contributed by atoms with van der Waals surface area (Å²) < 4.78 is 5.33. The molecule has 0 bridgehead atoms. The molecule has 1 aromatic rings. The molecule has 4 heteroatoms. The molecule has 0 amide bonds. The molecule has 0 aliphatic rings. The average molecular weight is 238 g/mol. The number of phenols is 1. The van der Waals surface area contributed by atoms with E-state index in [1.807, 2.05) is 19.1 Å². The van der Waals surface area contributed by atoms with Gasteiger partial charge in [-0.15, -0.1) is 0 Å². The molecule has 0 spiro atoms. The van der Waals surface area contributed by atoms with Gasteiger partial charge in [0, 0.05) is 11.6 Å². The van der Waals surface area contributed by atoms with Gasteiger partial charge in [0.25, 0.3) is 0 Å². The third-order valence-electron chi connectivity index (χ3n) is 2.70. The van der Waals surface area contributed by atoms with Crippen LogP contribution in [-0.4, -0.2) is 18.3 Å². The van der Waals surface area contributed by atoms with Gasteiger partial charge in [0.1, 0.15) is 0 Å². The third-order valence-corrected chi connectivity index (χ3v) is 2.70. The minimum atomic E-state index is -0.165. The molecule has 5 N–H and O–H groups in total. The summed E-state index contributed by atoms with van der Waals surface area (Å²) in [6.07, 6.45) is 2.75. The number of unbranched alkanes of at least 4 members (excludes halogenated alkanes) is 1. The van der Waals surface area contributed by atoms with Gasteiger partial charge >= 0.3 is 0 Å². The Morgan fingerprint density at radius 3 is 2.76 bits per heavy atom. The maximum absolute atomic E-state index is 10.0. The first-order valence-corrected chi connectivity index (χ1v) is 6.11. The number of nitrogens with two attached hydrogens (primary N) is 2. The minimum Gasteiger partial charge on any atom is -0.504 e. The highest BCUT2D eigenvalue weighted by atomic mass is 16.5. The molecule has 0 unspecified atom stereocenters. The molecule has 0 heterocycles. The normalized spacial score (nSPS) is 12.4. The van der Waals surface area contributed by atoms with Crippen LogP contribution in [0.2, 0.25) is 0 Å². The number of hydrogen-bond acceptors (Lipinski definition) is 4. The van der Waals surface area contributed by atoms with Crippen LogP contribution < -0.4 is 16.2 Å². The number of ether oxygens (including phenoxy) is 1. The van der Waals surface area contributed by atoms with Crippen molar-refractivity contribution in [3.63, 3.8) is 0 Å². The number of phenolic OH excluding ortho intramolecular Hbond substituents is 1. The van der Waals surface area contributed by atoms with Gasteiger partial charge in [-0.3, -0.25) is 0 Å². The van der Waals surface area contributed by atoms with Gasteiger partial charge in [-0.2, -0.15) is 0 Å². The van der Waals surface area contributed by atoms with Crippen molar-refractivity contribution < 1.29 is 9.84 Å². The maximum atomic E-state index is 10.0. The summed E-state index contributed by atoms with van der Waals surface area (Å²) in [7, 11) is 0. The van der Waals surface area contributed by atoms with E-state index in [9.17, 15) is 5.11 Å². The molecule has 96 valence electrons. The maximum Gasteiger partial charge on any atom is 0.162 e. The first kappa shape index (κ1) is 13.8. The van der Waals surface area contributed by atoms with Crippen LogP contribution in [0.25, 0.3) is 0 Å². The lowest BCUT2D eigenvalue weighted by Gasteiger charge is -2.15. The van der Waals surface area contributed by atoms with E-state index in [4.69, 9.17) is 16.2 Å². The zero-order valence-electron chi connectivity index (χ0n) is 10.4. The lowest BCUT2D eigenvalue weighted by Crippen LogP contribution is -2.11. The minimum absolute atomic E-state index is 0.162. The zero-order valence-corrected chi connectivity index (χ0v) is 10.4. The van der Waals surface area contributed by atoms with Crippen LogP contribution in [0.1, 0.15) is 37.8 Å². The van der Waals surface area contributed by atoms with Gasteiger partial charge in [0.2, 0.25) is 0 Å². The van der Waals surface area contributed by atoms with Crippen LogP contribution in [0.5, 0.6) is 11.5 Å². The molecule has 0 radical (unpaired) electrons. The Kier molecular flexibility index (Phi) is 5.80. The van der Waals surface area contributed by atoms with Gasteiger partial charge in [0.15, 0.2) is 11.5 Å². The van der Waals surface area contributed by atoms with Crippen molar-refractivity contribution in [3.8, 4) is 11.5 Å². The van der Waals surface area contributed by atoms with E-state index < -0.39 is 0 Å². The van der Waals surface area contributed by atoms with E-state index in [1.54, 1.807) is 6.07 Å². The Bertz CT molecular complexity index is 342. The Hall–Kier alpha value is -1.26. The predicted octanol–water partition coefficient (Wildman–Crippen LogP) is 1.92. The Morgan fingerprint density at radius 1 is 1.35 bits per heavy atom. The summed E-state index contributed by atoms with van der Waals surface area (Å²) >= 11 is 0. The molecule has 0 aromatic heterocycles. The van der Waals surface area contributed by atoms with Crippen molar-refractivity contribution >= 4 is 0 Å². The summed E-state index contributed by atoms with van der Waals surface area (Å²) in [4.78, 5) is 0. The zero-order chi connectivity index (χ0) is 12.7. The van der Waals surface area contributed by atoms with Crippen molar-refractivity contribution in [1.29, 1.82) is 0 Å². The van der Waals surface area contributed by atoms with Crippen molar-refractivity contribution in [3.05, 3.63) is 23.8 Å². The van der Waals surface area contributed by atoms with Crippen LogP contribution in [-0.2, 0) is 0 Å². The summed E-state index contributed by atoms with van der Waals surface area (Å²) in [6.45, 7) is 3.09. The number of rotatable bonds is 7. The fraction of sp³-hybridized carbons (Fsp3) is 0.538. The molecule has 0 aliphatic heterocycles. The summed E-state index contributed by atoms with van der Waals surface area (Å²) in [5, 5.41) is 10.0. The van der Waals surface area contributed by atoms with Crippen LogP contribution >= 0.6 is 0 Å². The van der Waals surface area contributed by atoms with E-state index in [2.05, 4.69) is 0 Å². The van der Waals surface area contributed by atoms with Gasteiger partial charge in [-0.25, -0.2) is 0 Å². The van der Waals surface area contributed by atoms with Crippen molar-refractivity contribution in [2.45, 2.75) is 32.2 Å². The standard InChI is InChI=1S/C13H22N2O2/c1-2-17-12-8-5-6-10(13(12)16)11(15)7-3-4-9-14/h5-6,8,11,16H,2-4,7,9,14-15H2,1H3/t11-/m1/s1. The summed E-state index contributed by atoms with van der Waals surface area (Å²) in [5.74, 6) is 0.661. The predicted molar refractivity (Wildman–Crippen MR) is 69.1 cm³/mol. The van der Waals surface area contributed by atoms with Gasteiger partial charge in [-0.1, -0.05) is 18.6 Å². The van der Waals surface area contributed by atoms with Gasteiger partial charge in [0.05, 0.1) is 6.61 Å². The molecule has 1 atom stereocenters. The highest BCUT2D eigenvalue weighted by Gasteiger charge is 2.14. The second kappa shape index (κ2) is 7.14. The van der Waals surface area contributed by atoms with Crippen molar-refractivity contribution in [2.24, 2.45) is 11.5 Å². The first-order valence-electron chi connectivity index (χ1n) is 6.11. The lowest BCUT2D eigenvalue weighted by atomic mass is 10.0. The molecule has 17 heavy (non-hydrogen) atoms. The molecule has 0 saturated carbocycles. The summed E-state index contributed by atoms with van der Waals surface area (Å²) in [5.41, 5.74) is 12.2. The molecule has 0 aliphatic carbocycles. The van der Waals surface area contributed by atoms with E-state index in [-0.39, 0.29) is 11.8 Å². The highest BCUT2D eigenvalue weighted by molar-refractivity contribution is 5.46. The molecule has 1 aromatic carbocycles. The number of para-hydroxylation sites is 1. The van der Waals surface area contributed by atoms with Crippen LogP contribution in [0.15, 0.2) is 18.2 Å². The Morgan fingerprint density at radius 2 is 2.12 bits per heavy atom. The topological polar surface area (TPSA) is 81.5 Å². The number of benzene rings is 1. The summed E-state index contributed by atoms with van der Waals surface area (Å²) in [6, 6.07) is 5.27. The number of hydrogen-bond donors (Lipinski definition) is 3. The van der Waals surface area contributed by atoms with Gasteiger partial charge < -0.3 is 21.3 Å². The molecular formula is C13H22N2O2. The fourth-order valence-corrected chi connectivity index (χ4v) is 1.77. The number of aromatic hydroxyl groups is 1. The molecule has 1 rings (SSSR count). The van der Waals surface area contributed by atoms with Crippen molar-refractivity contribution in [1.82, 2.24) is 0 Å². The monoisotopic (exact) mass is 238 g/mol. The van der Waals surface area contributed by atoms with E-state index >= 15 is 0 Å². The van der Waals surface area contributed by atoms with Crippen LogP contribution in [0, 0.1) is 0 Å². The van der Waals surface area contributed by atoms with E-state index in [1.165, 1.54) is 0 Å². The average Bonchev–Trinajstić information content (AvgIpc) is 2.32. The molecule has 0 fully saturated rings. The largest absolute Gasteiger partial charge is 0.504 e. The Labute approximate surface area is 103 Å². The second-order valence-corrected chi connectivity index (χ2v) is 4.02. The van der Waals surface area contributed by atoms with Crippen molar-refractivity contribution in [2.75, 3.05) is 13.2 Å². The molecule has 0 saturated heterocycles. The second-order valence-electron chi connectivity index (χ2n) is 4.02. The molecule has 4 nitrogen and oxygen atoms in total. The quantitative estimate of drug-likeness (QED) is 0.634. The van der Waals surface area contributed by atoms with Crippen LogP contribution in [0.4, 0.5) is 0 Å². The molecular weight excluding hydrogens is 216 g/mol. The SMILES string of the molecule is CCOc1cccc([C@H](N)CCCCN)c1O. The van der Waals surface area contributed by atoms with Crippen LogP contribution in [0.3, 0.4) is 0 Å².